The van der Waals surface area contributed by atoms with Gasteiger partial charge in [0.1, 0.15) is 0 Å². The standard InChI is InChI=1S/C7H16N2O3S/c1-4-13(11,12)9-6(10)7(2,3)5-8/h4-5,8H2,1-3H3,(H,9,10). The van der Waals surface area contributed by atoms with Gasteiger partial charge in [-0.2, -0.15) is 0 Å². The van der Waals surface area contributed by atoms with Crippen molar-refractivity contribution in [3.63, 3.8) is 0 Å². The van der Waals surface area contributed by atoms with Crippen LogP contribution >= 0.6 is 0 Å². The highest BCUT2D eigenvalue weighted by Gasteiger charge is 2.28. The third-order valence-electron chi connectivity index (χ3n) is 1.75. The zero-order chi connectivity index (χ0) is 10.7. The molecule has 0 radical (unpaired) electrons. The second kappa shape index (κ2) is 4.06. The number of nitrogens with one attached hydrogen (secondary N) is 1. The van der Waals surface area contributed by atoms with Crippen molar-refractivity contribution in [1.82, 2.24) is 4.72 Å². The van der Waals surface area contributed by atoms with Gasteiger partial charge in [0.05, 0.1) is 11.2 Å². The Kier molecular flexibility index (Phi) is 3.87. The number of carbonyl (C=O) groups is 1. The van der Waals surface area contributed by atoms with Crippen LogP contribution < -0.4 is 10.5 Å². The van der Waals surface area contributed by atoms with Gasteiger partial charge in [0.2, 0.25) is 15.9 Å². The molecule has 0 spiro atoms. The van der Waals surface area contributed by atoms with Crippen molar-refractivity contribution in [2.45, 2.75) is 20.8 Å². The summed E-state index contributed by atoms with van der Waals surface area (Å²) in [5.74, 6) is -0.670. The molecule has 0 rings (SSSR count). The van der Waals surface area contributed by atoms with Crippen molar-refractivity contribution in [1.29, 1.82) is 0 Å². The van der Waals surface area contributed by atoms with Gasteiger partial charge in [-0.3, -0.25) is 9.52 Å². The molecule has 0 aromatic heterocycles. The first-order valence-corrected chi connectivity index (χ1v) is 5.65. The van der Waals surface area contributed by atoms with Gasteiger partial charge in [0, 0.05) is 6.54 Å². The number of rotatable bonds is 4. The summed E-state index contributed by atoms with van der Waals surface area (Å²) in [7, 11) is -3.47. The molecule has 0 fully saturated rings. The summed E-state index contributed by atoms with van der Waals surface area (Å²) < 4.78 is 23.9. The van der Waals surface area contributed by atoms with Crippen molar-refractivity contribution in [3.05, 3.63) is 0 Å². The molecule has 0 bridgehead atoms. The summed E-state index contributed by atoms with van der Waals surface area (Å²) in [5, 5.41) is 0. The lowest BCUT2D eigenvalue weighted by Crippen LogP contribution is -2.44. The van der Waals surface area contributed by atoms with Gasteiger partial charge in [-0.15, -0.1) is 0 Å². The van der Waals surface area contributed by atoms with Crippen LogP contribution in [0.2, 0.25) is 0 Å². The monoisotopic (exact) mass is 208 g/mol. The van der Waals surface area contributed by atoms with Gasteiger partial charge in [-0.1, -0.05) is 0 Å². The maximum absolute atomic E-state index is 11.3. The molecule has 0 unspecified atom stereocenters. The minimum atomic E-state index is -3.47. The van der Waals surface area contributed by atoms with Gasteiger partial charge in [-0.25, -0.2) is 8.42 Å². The van der Waals surface area contributed by atoms with Crippen LogP contribution in [-0.2, 0) is 14.8 Å². The molecule has 1 amide bonds. The smallest absolute Gasteiger partial charge is 0.240 e. The first-order valence-electron chi connectivity index (χ1n) is 4.00. The fourth-order valence-corrected chi connectivity index (χ4v) is 1.15. The van der Waals surface area contributed by atoms with Crippen LogP contribution in [0, 0.1) is 5.41 Å². The van der Waals surface area contributed by atoms with Crippen molar-refractivity contribution in [2.24, 2.45) is 11.1 Å². The fraction of sp³-hybridized carbons (Fsp3) is 0.857. The Bertz CT molecular complexity index is 282. The SMILES string of the molecule is CCS(=O)(=O)NC(=O)C(C)(C)CN. The average Bonchev–Trinajstić information content (AvgIpc) is 2.04. The summed E-state index contributed by atoms with van der Waals surface area (Å²) in [6.07, 6.45) is 0. The third kappa shape index (κ3) is 3.73. The lowest BCUT2D eigenvalue weighted by atomic mass is 9.93. The normalized spacial score (nSPS) is 12.6. The zero-order valence-electron chi connectivity index (χ0n) is 8.12. The minimum Gasteiger partial charge on any atom is -0.329 e. The van der Waals surface area contributed by atoms with Crippen LogP contribution in [-0.4, -0.2) is 26.6 Å². The molecule has 3 N–H and O–H groups in total. The number of nitrogens with two attached hydrogens (primary N) is 1. The molecular weight excluding hydrogens is 192 g/mol. The molecule has 5 nitrogen and oxygen atoms in total. The lowest BCUT2D eigenvalue weighted by Gasteiger charge is -2.20. The van der Waals surface area contributed by atoms with Crippen LogP contribution in [0.3, 0.4) is 0 Å². The van der Waals surface area contributed by atoms with Gasteiger partial charge in [0.15, 0.2) is 0 Å². The van der Waals surface area contributed by atoms with Crippen molar-refractivity contribution < 1.29 is 13.2 Å². The molecule has 0 heterocycles. The molecular formula is C7H16N2O3S. The summed E-state index contributed by atoms with van der Waals surface area (Å²) >= 11 is 0. The van der Waals surface area contributed by atoms with Crippen LogP contribution in [0.5, 0.6) is 0 Å². The van der Waals surface area contributed by atoms with Crippen LogP contribution in [0.4, 0.5) is 0 Å². The lowest BCUT2D eigenvalue weighted by molar-refractivity contribution is -0.126. The number of amides is 1. The number of carbonyl (C=O) groups excluding carboxylic acids is 1. The van der Waals surface area contributed by atoms with Crippen LogP contribution in [0.1, 0.15) is 20.8 Å². The summed E-state index contributed by atoms with van der Waals surface area (Å²) in [4.78, 5) is 11.3. The van der Waals surface area contributed by atoms with E-state index >= 15 is 0 Å². The van der Waals surface area contributed by atoms with Gasteiger partial charge >= 0.3 is 0 Å². The van der Waals surface area contributed by atoms with Crippen LogP contribution in [0.25, 0.3) is 0 Å². The van der Waals surface area contributed by atoms with Crippen molar-refractivity contribution in [2.75, 3.05) is 12.3 Å². The highest BCUT2D eigenvalue weighted by molar-refractivity contribution is 7.90. The van der Waals surface area contributed by atoms with Crippen molar-refractivity contribution in [3.8, 4) is 0 Å². The quantitative estimate of drug-likeness (QED) is 0.648. The van der Waals surface area contributed by atoms with E-state index in [1.54, 1.807) is 13.8 Å². The Hall–Kier alpha value is -0.620. The largest absolute Gasteiger partial charge is 0.329 e. The van der Waals surface area contributed by atoms with Gasteiger partial charge < -0.3 is 5.73 Å². The first-order chi connectivity index (χ1) is 5.75. The Morgan fingerprint density at radius 2 is 1.92 bits per heavy atom. The topological polar surface area (TPSA) is 89.3 Å². The third-order valence-corrected chi connectivity index (χ3v) is 3.01. The van der Waals surface area contributed by atoms with Crippen molar-refractivity contribution >= 4 is 15.9 Å². The number of sulfonamides is 1. The number of hydrogen-bond donors (Lipinski definition) is 2. The van der Waals surface area contributed by atoms with E-state index in [9.17, 15) is 13.2 Å². The molecule has 0 aromatic rings. The van der Waals surface area contributed by atoms with E-state index in [1.807, 2.05) is 4.72 Å². The maximum atomic E-state index is 11.3. The second-order valence-corrected chi connectivity index (χ2v) is 5.43. The molecule has 0 aromatic carbocycles. The minimum absolute atomic E-state index is 0.109. The van der Waals surface area contributed by atoms with E-state index in [0.29, 0.717) is 0 Å². The Labute approximate surface area is 78.7 Å². The Balaban J connectivity index is 4.50. The Morgan fingerprint density at radius 1 is 1.46 bits per heavy atom. The molecule has 0 aliphatic carbocycles. The molecule has 0 saturated carbocycles. The molecule has 78 valence electrons. The first kappa shape index (κ1) is 12.4. The van der Waals surface area contributed by atoms with E-state index in [1.165, 1.54) is 6.92 Å². The maximum Gasteiger partial charge on any atom is 0.240 e. The van der Waals surface area contributed by atoms with Gasteiger partial charge in [0.25, 0.3) is 0 Å². The van der Waals surface area contributed by atoms with E-state index in [0.717, 1.165) is 0 Å². The highest BCUT2D eigenvalue weighted by Crippen LogP contribution is 2.12. The van der Waals surface area contributed by atoms with E-state index in [4.69, 9.17) is 5.73 Å². The average molecular weight is 208 g/mol. The number of hydrogen-bond acceptors (Lipinski definition) is 4. The Morgan fingerprint density at radius 3 is 2.23 bits per heavy atom. The summed E-state index contributed by atoms with van der Waals surface area (Å²) in [6, 6.07) is 0. The second-order valence-electron chi connectivity index (χ2n) is 3.42. The predicted molar refractivity (Wildman–Crippen MR) is 50.4 cm³/mol. The predicted octanol–water partition coefficient (Wildman–Crippen LogP) is -0.563. The van der Waals surface area contributed by atoms with Crippen LogP contribution in [0.15, 0.2) is 0 Å². The van der Waals surface area contributed by atoms with E-state index < -0.39 is 21.3 Å². The zero-order valence-corrected chi connectivity index (χ0v) is 8.94. The molecule has 0 aliphatic heterocycles. The molecule has 0 atom stereocenters. The molecule has 6 heteroatoms. The summed E-state index contributed by atoms with van der Waals surface area (Å²) in [6.45, 7) is 4.75. The fourth-order valence-electron chi connectivity index (χ4n) is 0.444. The molecule has 13 heavy (non-hydrogen) atoms. The molecule has 0 aliphatic rings. The van der Waals surface area contributed by atoms with E-state index in [-0.39, 0.29) is 12.3 Å². The summed E-state index contributed by atoms with van der Waals surface area (Å²) in [5.41, 5.74) is 4.47. The highest BCUT2D eigenvalue weighted by atomic mass is 32.2. The van der Waals surface area contributed by atoms with E-state index in [2.05, 4.69) is 0 Å². The van der Waals surface area contributed by atoms with Gasteiger partial charge in [-0.05, 0) is 20.8 Å². The molecule has 0 saturated heterocycles.